The highest BCUT2D eigenvalue weighted by molar-refractivity contribution is 8.26. The van der Waals surface area contributed by atoms with E-state index >= 15 is 0 Å². The van der Waals surface area contributed by atoms with E-state index in [-0.39, 0.29) is 11.5 Å². The minimum Gasteiger partial charge on any atom is -0.496 e. The summed E-state index contributed by atoms with van der Waals surface area (Å²) >= 11 is 6.71. The van der Waals surface area contributed by atoms with Gasteiger partial charge in [-0.05, 0) is 47.9 Å². The lowest BCUT2D eigenvalue weighted by atomic mass is 10.1. The Kier molecular flexibility index (Phi) is 6.49. The van der Waals surface area contributed by atoms with Crippen molar-refractivity contribution >= 4 is 57.4 Å². The molecule has 36 heavy (non-hydrogen) atoms. The second-order valence-electron chi connectivity index (χ2n) is 7.88. The van der Waals surface area contributed by atoms with Gasteiger partial charge in [0.2, 0.25) is 0 Å². The smallest absolute Gasteiger partial charge is 0.335 e. The fraction of sp³-hybridized carbons (Fsp3) is 0.120. The first-order valence-electron chi connectivity index (χ1n) is 10.8. The number of carbonyl (C=O) groups excluding carboxylic acids is 1. The molecule has 1 amide bonds. The van der Waals surface area contributed by atoms with Crippen LogP contribution in [0.4, 0.5) is 0 Å². The molecule has 180 valence electrons. The van der Waals surface area contributed by atoms with E-state index in [1.165, 1.54) is 11.8 Å². The molecule has 9 nitrogen and oxygen atoms in total. The number of benzene rings is 2. The molecule has 0 spiro atoms. The van der Waals surface area contributed by atoms with Crippen molar-refractivity contribution in [2.45, 2.75) is 6.42 Å². The molecule has 1 aliphatic heterocycles. The lowest BCUT2D eigenvalue weighted by Crippen LogP contribution is -2.30. The Hall–Kier alpha value is -4.09. The molecule has 0 saturated carbocycles. The van der Waals surface area contributed by atoms with Gasteiger partial charge < -0.3 is 14.8 Å². The molecule has 0 aliphatic carbocycles. The molecule has 0 unspecified atom stereocenters. The van der Waals surface area contributed by atoms with Crippen molar-refractivity contribution in [3.05, 3.63) is 76.6 Å². The van der Waals surface area contributed by atoms with Crippen LogP contribution in [0.2, 0.25) is 0 Å². The zero-order chi connectivity index (χ0) is 25.2. The normalized spacial score (nSPS) is 14.7. The summed E-state index contributed by atoms with van der Waals surface area (Å²) in [6, 6.07) is 12.1. The van der Waals surface area contributed by atoms with Gasteiger partial charge in [0, 0.05) is 6.54 Å². The molecule has 0 atom stereocenters. The van der Waals surface area contributed by atoms with Crippen LogP contribution < -0.4 is 4.74 Å². The number of nitrogens with zero attached hydrogens (tertiary/aromatic N) is 4. The van der Waals surface area contributed by atoms with Crippen LogP contribution >= 0.6 is 24.0 Å². The van der Waals surface area contributed by atoms with E-state index in [1.54, 1.807) is 60.9 Å². The Bertz CT molecular complexity index is 1530. The fourth-order valence-electron chi connectivity index (χ4n) is 3.75. The first-order chi connectivity index (χ1) is 17.4. The molecule has 0 bridgehead atoms. The number of nitrogens with one attached hydrogen (secondary N) is 1. The number of carboxylic acid groups (broad SMARTS) is 1. The average molecular weight is 518 g/mol. The number of fused-ring (bicyclic) bond motifs is 1. The minimum atomic E-state index is -0.974. The predicted molar refractivity (Wildman–Crippen MR) is 141 cm³/mol. The van der Waals surface area contributed by atoms with E-state index in [0.717, 1.165) is 16.6 Å². The molecule has 1 saturated heterocycles. The van der Waals surface area contributed by atoms with Gasteiger partial charge in [-0.25, -0.2) is 19.7 Å². The molecule has 2 N–H and O–H groups in total. The number of rotatable bonds is 7. The molecule has 1 aliphatic rings. The summed E-state index contributed by atoms with van der Waals surface area (Å²) in [6.45, 7) is 0.403. The molecule has 2 aromatic carbocycles. The molecular formula is C25H19N5O4S2. The molecule has 3 heterocycles. The van der Waals surface area contributed by atoms with Crippen LogP contribution in [0.1, 0.15) is 21.5 Å². The van der Waals surface area contributed by atoms with Gasteiger partial charge >= 0.3 is 5.97 Å². The number of thiocarbonyl (C=S) groups is 1. The number of aromatic amines is 1. The van der Waals surface area contributed by atoms with Gasteiger partial charge in [-0.3, -0.25) is 9.69 Å². The number of aromatic nitrogens is 4. The van der Waals surface area contributed by atoms with Crippen molar-refractivity contribution in [2.24, 2.45) is 0 Å². The van der Waals surface area contributed by atoms with Crippen LogP contribution in [0, 0.1) is 0 Å². The average Bonchev–Trinajstić information content (AvgIpc) is 3.46. The number of aromatic carboxylic acids is 1. The Labute approximate surface area is 215 Å². The number of ether oxygens (including phenoxy) is 1. The Morgan fingerprint density at radius 1 is 1.22 bits per heavy atom. The van der Waals surface area contributed by atoms with Crippen LogP contribution in [-0.4, -0.2) is 59.8 Å². The van der Waals surface area contributed by atoms with Crippen molar-refractivity contribution in [1.82, 2.24) is 24.8 Å². The summed E-state index contributed by atoms with van der Waals surface area (Å²) in [4.78, 5) is 42.3. The standard InChI is InChI=1S/C25H19N5O4S2/c1-34-19-7-4-15(10-17(19)21-26-12-18-22(29-21)28-13-27-18)11-20-23(31)30(25(35)36-20)9-8-14-2-5-16(6-3-14)24(32)33/h2-7,10-13H,8-9H2,1H3,(H,32,33)(H,26,27,28,29)/b20-11-. The van der Waals surface area contributed by atoms with Crippen LogP contribution in [0.5, 0.6) is 5.75 Å². The summed E-state index contributed by atoms with van der Waals surface area (Å²) in [6.07, 6.45) is 5.57. The van der Waals surface area contributed by atoms with Crippen molar-refractivity contribution in [1.29, 1.82) is 0 Å². The van der Waals surface area contributed by atoms with Gasteiger partial charge in [0.05, 0.1) is 35.7 Å². The van der Waals surface area contributed by atoms with Gasteiger partial charge in [-0.15, -0.1) is 0 Å². The minimum absolute atomic E-state index is 0.168. The van der Waals surface area contributed by atoms with Crippen molar-refractivity contribution in [3.8, 4) is 17.1 Å². The summed E-state index contributed by atoms with van der Waals surface area (Å²) in [5.74, 6) is -0.0797. The van der Waals surface area contributed by atoms with Crippen molar-refractivity contribution < 1.29 is 19.4 Å². The molecule has 4 aromatic rings. The number of imidazole rings is 1. The second-order valence-corrected chi connectivity index (χ2v) is 9.55. The Balaban J connectivity index is 1.36. The van der Waals surface area contributed by atoms with Crippen LogP contribution in [0.3, 0.4) is 0 Å². The van der Waals surface area contributed by atoms with Gasteiger partial charge in [0.25, 0.3) is 5.91 Å². The maximum Gasteiger partial charge on any atom is 0.335 e. The van der Waals surface area contributed by atoms with Gasteiger partial charge in [-0.2, -0.15) is 0 Å². The number of hydrogen-bond acceptors (Lipinski definition) is 8. The predicted octanol–water partition coefficient (Wildman–Crippen LogP) is 4.17. The quantitative estimate of drug-likeness (QED) is 0.275. The Morgan fingerprint density at radius 2 is 2.03 bits per heavy atom. The maximum atomic E-state index is 13.1. The summed E-state index contributed by atoms with van der Waals surface area (Å²) in [7, 11) is 1.58. The maximum absolute atomic E-state index is 13.1. The summed E-state index contributed by atoms with van der Waals surface area (Å²) in [5, 5.41) is 9.05. The van der Waals surface area contributed by atoms with Crippen LogP contribution in [-0.2, 0) is 11.2 Å². The topological polar surface area (TPSA) is 121 Å². The highest BCUT2D eigenvalue weighted by Gasteiger charge is 2.31. The van der Waals surface area contributed by atoms with Crippen LogP contribution in [0.15, 0.2) is 59.9 Å². The number of H-pyrrole nitrogens is 1. The van der Waals surface area contributed by atoms with Gasteiger partial charge in [0.15, 0.2) is 11.5 Å². The highest BCUT2D eigenvalue weighted by atomic mass is 32.2. The fourth-order valence-corrected chi connectivity index (χ4v) is 5.06. The number of methoxy groups -OCH3 is 1. The van der Waals surface area contributed by atoms with E-state index < -0.39 is 5.97 Å². The molecule has 11 heteroatoms. The number of carboxylic acids is 1. The van der Waals surface area contributed by atoms with Gasteiger partial charge in [0.1, 0.15) is 15.6 Å². The largest absolute Gasteiger partial charge is 0.496 e. The summed E-state index contributed by atoms with van der Waals surface area (Å²) in [5.41, 5.74) is 3.88. The van der Waals surface area contributed by atoms with Crippen LogP contribution in [0.25, 0.3) is 28.6 Å². The molecule has 5 rings (SSSR count). The monoisotopic (exact) mass is 517 g/mol. The molecule has 1 fully saturated rings. The van der Waals surface area contributed by atoms with Crippen molar-refractivity contribution in [3.63, 3.8) is 0 Å². The zero-order valence-electron chi connectivity index (χ0n) is 19.0. The van der Waals surface area contributed by atoms with Crippen molar-refractivity contribution in [2.75, 3.05) is 13.7 Å². The molecular weight excluding hydrogens is 498 g/mol. The number of hydrogen-bond donors (Lipinski definition) is 2. The third-order valence-electron chi connectivity index (χ3n) is 5.64. The van der Waals surface area contributed by atoms with E-state index in [4.69, 9.17) is 22.1 Å². The Morgan fingerprint density at radius 3 is 2.78 bits per heavy atom. The van der Waals surface area contributed by atoms with E-state index in [1.807, 2.05) is 12.1 Å². The number of thioether (sulfide) groups is 1. The third-order valence-corrected chi connectivity index (χ3v) is 7.01. The lowest BCUT2D eigenvalue weighted by Gasteiger charge is -2.14. The number of carbonyl (C=O) groups is 2. The number of amides is 1. The second kappa shape index (κ2) is 9.88. The SMILES string of the molecule is COc1ccc(/C=C2\SC(=S)N(CCc3ccc(C(=O)O)cc3)C2=O)cc1-c1ncc2[nH]cnc2n1. The lowest BCUT2D eigenvalue weighted by molar-refractivity contribution is -0.122. The van der Waals surface area contributed by atoms with Gasteiger partial charge in [-0.1, -0.05) is 42.2 Å². The zero-order valence-corrected chi connectivity index (χ0v) is 20.6. The first kappa shape index (κ1) is 23.6. The highest BCUT2D eigenvalue weighted by Crippen LogP contribution is 2.35. The van der Waals surface area contributed by atoms with E-state index in [0.29, 0.717) is 45.0 Å². The van der Waals surface area contributed by atoms with E-state index in [2.05, 4.69) is 19.9 Å². The summed E-state index contributed by atoms with van der Waals surface area (Å²) < 4.78 is 5.99. The third kappa shape index (κ3) is 4.70. The molecule has 2 aromatic heterocycles. The molecule has 0 radical (unpaired) electrons. The first-order valence-corrected chi connectivity index (χ1v) is 12.1. The van der Waals surface area contributed by atoms with E-state index in [9.17, 15) is 9.59 Å².